The van der Waals surface area contributed by atoms with Crippen LogP contribution in [0.25, 0.3) is 0 Å². The second-order valence-corrected chi connectivity index (χ2v) is 6.20. The number of carbonyl (C=O) groups is 1. The fourth-order valence-electron chi connectivity index (χ4n) is 2.95. The van der Waals surface area contributed by atoms with Crippen molar-refractivity contribution in [1.82, 2.24) is 10.6 Å². The SMILES string of the molecule is CCC(C)NC(=O)CCNC1CC(C)CC(C)C1. The van der Waals surface area contributed by atoms with Gasteiger partial charge in [-0.05, 0) is 44.4 Å². The Kier molecular flexibility index (Phi) is 6.69. The molecule has 0 aromatic rings. The van der Waals surface area contributed by atoms with Gasteiger partial charge in [-0.3, -0.25) is 4.79 Å². The molecule has 3 heteroatoms. The molecule has 1 aliphatic carbocycles. The molecule has 3 unspecified atom stereocenters. The zero-order valence-electron chi connectivity index (χ0n) is 12.5. The molecule has 2 N–H and O–H groups in total. The van der Waals surface area contributed by atoms with E-state index in [4.69, 9.17) is 0 Å². The van der Waals surface area contributed by atoms with Crippen molar-refractivity contribution in [2.45, 2.75) is 71.9 Å². The van der Waals surface area contributed by atoms with E-state index in [-0.39, 0.29) is 5.91 Å². The Bertz CT molecular complexity index is 245. The summed E-state index contributed by atoms with van der Waals surface area (Å²) in [5, 5.41) is 6.55. The molecular weight excluding hydrogens is 224 g/mol. The van der Waals surface area contributed by atoms with Crippen LogP contribution in [-0.4, -0.2) is 24.5 Å². The molecule has 0 spiro atoms. The summed E-state index contributed by atoms with van der Waals surface area (Å²) in [7, 11) is 0. The number of rotatable bonds is 6. The highest BCUT2D eigenvalue weighted by Gasteiger charge is 2.23. The van der Waals surface area contributed by atoms with E-state index < -0.39 is 0 Å². The molecule has 0 radical (unpaired) electrons. The third-order valence-corrected chi connectivity index (χ3v) is 3.98. The predicted octanol–water partition coefficient (Wildman–Crippen LogP) is 2.71. The Hall–Kier alpha value is -0.570. The fourth-order valence-corrected chi connectivity index (χ4v) is 2.95. The molecule has 0 aromatic carbocycles. The van der Waals surface area contributed by atoms with E-state index in [2.05, 4.69) is 38.3 Å². The molecule has 0 aliphatic heterocycles. The monoisotopic (exact) mass is 254 g/mol. The van der Waals surface area contributed by atoms with E-state index in [0.717, 1.165) is 24.8 Å². The molecule has 1 amide bonds. The second-order valence-electron chi connectivity index (χ2n) is 6.20. The predicted molar refractivity (Wildman–Crippen MR) is 76.5 cm³/mol. The minimum atomic E-state index is 0.175. The van der Waals surface area contributed by atoms with Crippen molar-refractivity contribution < 1.29 is 4.79 Å². The summed E-state index contributed by atoms with van der Waals surface area (Å²) in [6.07, 6.45) is 5.47. The highest BCUT2D eigenvalue weighted by molar-refractivity contribution is 5.76. The minimum Gasteiger partial charge on any atom is -0.354 e. The van der Waals surface area contributed by atoms with Gasteiger partial charge in [0.2, 0.25) is 5.91 Å². The van der Waals surface area contributed by atoms with Gasteiger partial charge in [-0.2, -0.15) is 0 Å². The van der Waals surface area contributed by atoms with Crippen LogP contribution in [-0.2, 0) is 4.79 Å². The number of hydrogen-bond acceptors (Lipinski definition) is 2. The normalized spacial score (nSPS) is 29.9. The van der Waals surface area contributed by atoms with E-state index in [0.29, 0.717) is 18.5 Å². The third-order valence-electron chi connectivity index (χ3n) is 3.98. The Morgan fingerprint density at radius 2 is 1.83 bits per heavy atom. The number of amides is 1. The van der Waals surface area contributed by atoms with Crippen LogP contribution in [0.15, 0.2) is 0 Å². The molecule has 1 aliphatic rings. The van der Waals surface area contributed by atoms with Crippen LogP contribution in [0.1, 0.15) is 59.8 Å². The average molecular weight is 254 g/mol. The molecule has 1 rings (SSSR count). The first-order chi connectivity index (χ1) is 8.51. The Labute approximate surface area is 112 Å². The minimum absolute atomic E-state index is 0.175. The van der Waals surface area contributed by atoms with Crippen LogP contribution in [0.4, 0.5) is 0 Å². The zero-order valence-corrected chi connectivity index (χ0v) is 12.5. The smallest absolute Gasteiger partial charge is 0.221 e. The van der Waals surface area contributed by atoms with E-state index in [1.807, 2.05) is 0 Å². The van der Waals surface area contributed by atoms with Gasteiger partial charge in [0, 0.05) is 25.0 Å². The van der Waals surface area contributed by atoms with Gasteiger partial charge in [0.25, 0.3) is 0 Å². The molecule has 18 heavy (non-hydrogen) atoms. The van der Waals surface area contributed by atoms with Crippen LogP contribution in [0, 0.1) is 11.8 Å². The highest BCUT2D eigenvalue weighted by Crippen LogP contribution is 2.28. The summed E-state index contributed by atoms with van der Waals surface area (Å²) in [5.74, 6) is 1.81. The quantitative estimate of drug-likeness (QED) is 0.765. The highest BCUT2D eigenvalue weighted by atomic mass is 16.1. The molecule has 3 atom stereocenters. The summed E-state index contributed by atoms with van der Waals surface area (Å²) in [6, 6.07) is 0.910. The van der Waals surface area contributed by atoms with Crippen LogP contribution >= 0.6 is 0 Å². The van der Waals surface area contributed by atoms with Crippen LogP contribution in [0.3, 0.4) is 0 Å². The Morgan fingerprint density at radius 3 is 2.39 bits per heavy atom. The van der Waals surface area contributed by atoms with E-state index in [1.165, 1.54) is 19.3 Å². The third kappa shape index (κ3) is 5.85. The summed E-state index contributed by atoms with van der Waals surface area (Å²) >= 11 is 0. The van der Waals surface area contributed by atoms with E-state index in [1.54, 1.807) is 0 Å². The lowest BCUT2D eigenvalue weighted by Crippen LogP contribution is -2.39. The number of nitrogens with one attached hydrogen (secondary N) is 2. The van der Waals surface area contributed by atoms with Gasteiger partial charge in [0.1, 0.15) is 0 Å². The van der Waals surface area contributed by atoms with Crippen LogP contribution in [0.5, 0.6) is 0 Å². The number of carbonyl (C=O) groups excluding carboxylic acids is 1. The van der Waals surface area contributed by atoms with E-state index >= 15 is 0 Å². The van der Waals surface area contributed by atoms with Crippen molar-refractivity contribution in [2.75, 3.05) is 6.54 Å². The van der Waals surface area contributed by atoms with Crippen LogP contribution < -0.4 is 10.6 Å². The summed E-state index contributed by atoms with van der Waals surface area (Å²) in [6.45, 7) is 9.62. The van der Waals surface area contributed by atoms with Gasteiger partial charge in [-0.25, -0.2) is 0 Å². The molecule has 106 valence electrons. The van der Waals surface area contributed by atoms with Gasteiger partial charge in [-0.1, -0.05) is 20.8 Å². The summed E-state index contributed by atoms with van der Waals surface area (Å²) in [5.41, 5.74) is 0. The molecule has 0 heterocycles. The van der Waals surface area contributed by atoms with Gasteiger partial charge in [0.05, 0.1) is 0 Å². The Morgan fingerprint density at radius 1 is 1.22 bits per heavy atom. The van der Waals surface area contributed by atoms with E-state index in [9.17, 15) is 4.79 Å². The maximum Gasteiger partial charge on any atom is 0.221 e. The molecule has 1 fully saturated rings. The molecular formula is C15H30N2O. The standard InChI is InChI=1S/C15H30N2O/c1-5-13(4)17-15(18)6-7-16-14-9-11(2)8-12(3)10-14/h11-14,16H,5-10H2,1-4H3,(H,17,18). The molecule has 0 aromatic heterocycles. The van der Waals surface area contributed by atoms with Gasteiger partial charge in [0.15, 0.2) is 0 Å². The maximum absolute atomic E-state index is 11.6. The first-order valence-corrected chi connectivity index (χ1v) is 7.54. The largest absolute Gasteiger partial charge is 0.354 e. The first-order valence-electron chi connectivity index (χ1n) is 7.54. The maximum atomic E-state index is 11.6. The lowest BCUT2D eigenvalue weighted by Gasteiger charge is -2.32. The lowest BCUT2D eigenvalue weighted by atomic mass is 9.80. The van der Waals surface area contributed by atoms with Crippen molar-refractivity contribution in [2.24, 2.45) is 11.8 Å². The molecule has 1 saturated carbocycles. The average Bonchev–Trinajstić information content (AvgIpc) is 2.27. The van der Waals surface area contributed by atoms with Crippen molar-refractivity contribution in [1.29, 1.82) is 0 Å². The van der Waals surface area contributed by atoms with Crippen molar-refractivity contribution in [3.05, 3.63) is 0 Å². The summed E-state index contributed by atoms with van der Waals surface area (Å²) < 4.78 is 0. The fraction of sp³-hybridized carbons (Fsp3) is 0.933. The Balaban J connectivity index is 2.15. The van der Waals surface area contributed by atoms with Crippen molar-refractivity contribution in [3.8, 4) is 0 Å². The number of hydrogen-bond donors (Lipinski definition) is 2. The van der Waals surface area contributed by atoms with Crippen molar-refractivity contribution in [3.63, 3.8) is 0 Å². The molecule has 3 nitrogen and oxygen atoms in total. The van der Waals surface area contributed by atoms with Gasteiger partial charge >= 0.3 is 0 Å². The first kappa shape index (κ1) is 15.5. The molecule has 0 bridgehead atoms. The topological polar surface area (TPSA) is 41.1 Å². The molecule has 0 saturated heterocycles. The second kappa shape index (κ2) is 7.78. The lowest BCUT2D eigenvalue weighted by molar-refractivity contribution is -0.121. The summed E-state index contributed by atoms with van der Waals surface area (Å²) in [4.78, 5) is 11.6. The van der Waals surface area contributed by atoms with Crippen LogP contribution in [0.2, 0.25) is 0 Å². The van der Waals surface area contributed by atoms with Gasteiger partial charge < -0.3 is 10.6 Å². The zero-order chi connectivity index (χ0) is 13.5. The van der Waals surface area contributed by atoms with Crippen molar-refractivity contribution >= 4 is 5.91 Å². The van der Waals surface area contributed by atoms with Gasteiger partial charge in [-0.15, -0.1) is 0 Å².